The van der Waals surface area contributed by atoms with E-state index in [1.165, 1.54) is 32.0 Å². The number of carbonyl (C=O) groups is 3. The summed E-state index contributed by atoms with van der Waals surface area (Å²) in [4.78, 5) is 51.6. The number of aryl methyl sites for hydroxylation is 1. The number of imide groups is 1. The van der Waals surface area contributed by atoms with Crippen LogP contribution >= 0.6 is 0 Å². The number of halogens is 4. The Kier molecular flexibility index (Phi) is 11.8. The van der Waals surface area contributed by atoms with Crippen LogP contribution in [0.1, 0.15) is 66.6 Å². The number of amides is 4. The quantitative estimate of drug-likeness (QED) is 0.0379. The number of carbonyl (C=O) groups excluding carboxylic acids is 3. The van der Waals surface area contributed by atoms with Crippen LogP contribution < -0.4 is 10.4 Å². The van der Waals surface area contributed by atoms with Crippen molar-refractivity contribution in [1.29, 1.82) is 5.26 Å². The third-order valence-electron chi connectivity index (χ3n) is 10.5. The van der Waals surface area contributed by atoms with Gasteiger partial charge in [0.05, 0.1) is 30.2 Å². The van der Waals surface area contributed by atoms with Crippen LogP contribution in [-0.2, 0) is 39.3 Å². The number of hydroxylamine groups is 1. The predicted octanol–water partition coefficient (Wildman–Crippen LogP) is 8.33. The largest absolute Gasteiger partial charge is 0.419 e. The van der Waals surface area contributed by atoms with Crippen LogP contribution in [0.3, 0.4) is 0 Å². The van der Waals surface area contributed by atoms with Crippen LogP contribution in [0, 0.1) is 17.1 Å². The van der Waals surface area contributed by atoms with E-state index in [-0.39, 0.29) is 24.4 Å². The van der Waals surface area contributed by atoms with Crippen LogP contribution in [0.2, 0.25) is 0 Å². The number of anilines is 1. The van der Waals surface area contributed by atoms with Crippen molar-refractivity contribution in [3.05, 3.63) is 167 Å². The molecule has 1 fully saturated rings. The molecule has 3 heterocycles. The first-order valence-corrected chi connectivity index (χ1v) is 19.2. The van der Waals surface area contributed by atoms with E-state index in [4.69, 9.17) is 10.1 Å². The summed E-state index contributed by atoms with van der Waals surface area (Å²) in [5.41, 5.74) is 0.547. The molecule has 6 aromatic rings. The topological polar surface area (TPSA) is 146 Å². The van der Waals surface area contributed by atoms with E-state index in [2.05, 4.69) is 20.8 Å². The second-order valence-electron chi connectivity index (χ2n) is 14.8. The van der Waals surface area contributed by atoms with Crippen molar-refractivity contribution in [3.63, 3.8) is 0 Å². The summed E-state index contributed by atoms with van der Waals surface area (Å²) >= 11 is 0. The molecule has 16 heteroatoms. The highest BCUT2D eigenvalue weighted by atomic mass is 19.4. The summed E-state index contributed by atoms with van der Waals surface area (Å²) in [7, 11) is 0. The van der Waals surface area contributed by atoms with E-state index < -0.39 is 52.0 Å². The Morgan fingerprint density at radius 1 is 0.869 bits per heavy atom. The van der Waals surface area contributed by atoms with E-state index in [1.54, 1.807) is 16.9 Å². The summed E-state index contributed by atoms with van der Waals surface area (Å²) in [5.74, 6) is -1.87. The summed E-state index contributed by atoms with van der Waals surface area (Å²) in [6, 6.07) is 34.1. The maximum atomic E-state index is 15.6. The fourth-order valence-electron chi connectivity index (χ4n) is 7.19. The lowest BCUT2D eigenvalue weighted by molar-refractivity contribution is -0.143. The standard InChI is InChI=1S/C45H38F4N8O4/c1-43(2)41(59)57(35-25-36(45(47,48)49)38(26-50)51-27-35)42(60)56(43)28-31-22-21-30(24-37(31)46)39-29-55(54-52-39)23-13-12-20-40(58)53-61-44(32-14-6-3-7-15-32,33-16-8-4-9-17-33)34-18-10-5-11-19-34/h3-11,14-19,21-22,24-25,27,29H,12-13,20,23,28H2,1-2H3,(H,53,58). The van der Waals surface area contributed by atoms with Crippen molar-refractivity contribution in [2.75, 3.05) is 4.90 Å². The van der Waals surface area contributed by atoms with E-state index in [0.29, 0.717) is 41.6 Å². The minimum Gasteiger partial charge on any atom is -0.305 e. The Labute approximate surface area is 348 Å². The monoisotopic (exact) mass is 830 g/mol. The zero-order valence-electron chi connectivity index (χ0n) is 32.9. The number of pyridine rings is 1. The number of hydrogen-bond acceptors (Lipinski definition) is 8. The lowest BCUT2D eigenvalue weighted by atomic mass is 9.80. The van der Waals surface area contributed by atoms with Gasteiger partial charge in [-0.2, -0.15) is 18.4 Å². The first-order valence-electron chi connectivity index (χ1n) is 19.2. The van der Waals surface area contributed by atoms with Crippen molar-refractivity contribution in [2.45, 2.75) is 63.5 Å². The van der Waals surface area contributed by atoms with Crippen LogP contribution in [0.4, 0.5) is 28.0 Å². The Morgan fingerprint density at radius 3 is 2.03 bits per heavy atom. The van der Waals surface area contributed by atoms with Crippen LogP contribution in [-0.4, -0.2) is 48.3 Å². The molecular weight excluding hydrogens is 793 g/mol. The smallest absolute Gasteiger partial charge is 0.305 e. The zero-order valence-corrected chi connectivity index (χ0v) is 32.9. The molecule has 0 aliphatic carbocycles. The number of aromatic nitrogens is 4. The third-order valence-corrected chi connectivity index (χ3v) is 10.5. The highest BCUT2D eigenvalue weighted by molar-refractivity contribution is 6.22. The maximum Gasteiger partial charge on any atom is 0.419 e. The second-order valence-corrected chi connectivity index (χ2v) is 14.8. The average Bonchev–Trinajstić information content (AvgIpc) is 3.80. The fourth-order valence-corrected chi connectivity index (χ4v) is 7.19. The van der Waals surface area contributed by atoms with Gasteiger partial charge in [-0.15, -0.1) is 5.10 Å². The van der Waals surface area contributed by atoms with Gasteiger partial charge in [-0.05, 0) is 55.5 Å². The molecule has 0 spiro atoms. The van der Waals surface area contributed by atoms with Gasteiger partial charge in [-0.25, -0.2) is 24.5 Å². The molecule has 1 aliphatic rings. The van der Waals surface area contributed by atoms with Crippen molar-refractivity contribution in [1.82, 2.24) is 30.4 Å². The van der Waals surface area contributed by atoms with Gasteiger partial charge in [-0.1, -0.05) is 108 Å². The molecule has 7 rings (SSSR count). The number of unbranched alkanes of at least 4 members (excludes halogenated alkanes) is 1. The molecule has 1 aliphatic heterocycles. The first-order chi connectivity index (χ1) is 29.2. The lowest BCUT2D eigenvalue weighted by Crippen LogP contribution is -2.43. The predicted molar refractivity (Wildman–Crippen MR) is 214 cm³/mol. The number of alkyl halides is 3. The molecule has 2 aromatic heterocycles. The van der Waals surface area contributed by atoms with Gasteiger partial charge >= 0.3 is 12.2 Å². The highest BCUT2D eigenvalue weighted by Crippen LogP contribution is 2.40. The minimum atomic E-state index is -4.97. The van der Waals surface area contributed by atoms with Gasteiger partial charge < -0.3 is 4.90 Å². The number of benzene rings is 4. The summed E-state index contributed by atoms with van der Waals surface area (Å²) in [6.45, 7) is 2.83. The molecule has 0 bridgehead atoms. The zero-order chi connectivity index (χ0) is 43.4. The Hall–Kier alpha value is -7.25. The molecule has 1 saturated heterocycles. The van der Waals surface area contributed by atoms with Gasteiger partial charge in [0.1, 0.15) is 23.1 Å². The van der Waals surface area contributed by atoms with Crippen molar-refractivity contribution in [3.8, 4) is 17.3 Å². The summed E-state index contributed by atoms with van der Waals surface area (Å²) in [5, 5.41) is 17.4. The Balaban J connectivity index is 0.964. The number of urea groups is 1. The molecule has 310 valence electrons. The minimum absolute atomic E-state index is 0.0388. The lowest BCUT2D eigenvalue weighted by Gasteiger charge is -2.35. The molecule has 12 nitrogen and oxygen atoms in total. The van der Waals surface area contributed by atoms with Gasteiger partial charge in [0.2, 0.25) is 5.91 Å². The second kappa shape index (κ2) is 17.2. The highest BCUT2D eigenvalue weighted by Gasteiger charge is 2.52. The first kappa shape index (κ1) is 41.9. The molecule has 0 saturated carbocycles. The fraction of sp³-hybridized carbons (Fsp3) is 0.222. The van der Waals surface area contributed by atoms with Crippen LogP contribution in [0.25, 0.3) is 11.3 Å². The molecular formula is C45H38F4N8O4. The molecule has 61 heavy (non-hydrogen) atoms. The Bertz CT molecular complexity index is 2500. The number of rotatable bonds is 14. The number of nitrogens with one attached hydrogen (secondary N) is 1. The molecule has 0 unspecified atom stereocenters. The molecule has 0 atom stereocenters. The van der Waals surface area contributed by atoms with Crippen molar-refractivity contribution in [2.24, 2.45) is 0 Å². The maximum absolute atomic E-state index is 15.6. The van der Waals surface area contributed by atoms with Gasteiger partial charge in [0, 0.05) is 24.1 Å². The van der Waals surface area contributed by atoms with E-state index >= 15 is 4.39 Å². The summed E-state index contributed by atoms with van der Waals surface area (Å²) < 4.78 is 58.1. The van der Waals surface area contributed by atoms with E-state index in [1.807, 2.05) is 91.0 Å². The molecule has 1 N–H and O–H groups in total. The normalized spacial score (nSPS) is 14.0. The van der Waals surface area contributed by atoms with Crippen molar-refractivity contribution >= 4 is 23.5 Å². The van der Waals surface area contributed by atoms with Crippen molar-refractivity contribution < 1.29 is 36.8 Å². The molecule has 0 radical (unpaired) electrons. The van der Waals surface area contributed by atoms with Crippen LogP contribution in [0.5, 0.6) is 0 Å². The summed E-state index contributed by atoms with van der Waals surface area (Å²) in [6.07, 6.45) is -1.26. The van der Waals surface area contributed by atoms with Gasteiger partial charge in [0.15, 0.2) is 11.3 Å². The number of nitrogens with zero attached hydrogens (tertiary/aromatic N) is 7. The van der Waals surface area contributed by atoms with Gasteiger partial charge in [-0.3, -0.25) is 19.1 Å². The number of nitriles is 1. The molecule has 4 amide bonds. The average molecular weight is 831 g/mol. The molecule has 4 aromatic carbocycles. The van der Waals surface area contributed by atoms with E-state index in [9.17, 15) is 27.6 Å². The Morgan fingerprint density at radius 2 is 1.48 bits per heavy atom. The SMILES string of the molecule is CC1(C)C(=O)N(c2cnc(C#N)c(C(F)(F)F)c2)C(=O)N1Cc1ccc(-c2cn(CCCCC(=O)NOC(c3ccccc3)(c3ccccc3)c3ccccc3)nn2)cc1F. The third kappa shape index (κ3) is 8.46. The van der Waals surface area contributed by atoms with Gasteiger partial charge in [0.25, 0.3) is 5.91 Å². The van der Waals surface area contributed by atoms with Crippen LogP contribution in [0.15, 0.2) is 128 Å². The number of hydrogen-bond donors (Lipinski definition) is 1. The van der Waals surface area contributed by atoms with E-state index in [0.717, 1.165) is 27.8 Å².